The monoisotopic (exact) mass is 407 g/mol. The van der Waals surface area contributed by atoms with Crippen molar-refractivity contribution in [3.63, 3.8) is 0 Å². The molecule has 3 heterocycles. The third kappa shape index (κ3) is 3.44. The largest absolute Gasteiger partial charge is 0.496 e. The van der Waals surface area contributed by atoms with E-state index in [0.29, 0.717) is 21.7 Å². The molecule has 8 heteroatoms. The molecule has 0 radical (unpaired) electrons. The molecular formula is C18H20ClN4OS2+. The van der Waals surface area contributed by atoms with Crippen molar-refractivity contribution in [2.24, 2.45) is 0 Å². The summed E-state index contributed by atoms with van der Waals surface area (Å²) in [6, 6.07) is 10.4. The SMILES string of the molecule is COc1ccc(Cl)cc1-c1nc(=S)n(C[NH+]2CCC[C@@H]2c2cccs2)[nH]1. The lowest BCUT2D eigenvalue weighted by molar-refractivity contribution is -0.941. The second kappa shape index (κ2) is 7.52. The Labute approximate surface area is 166 Å². The maximum atomic E-state index is 6.15. The Bertz CT molecular complexity index is 951. The van der Waals surface area contributed by atoms with Crippen LogP contribution in [0.1, 0.15) is 23.8 Å². The first kappa shape index (κ1) is 17.7. The molecule has 2 atom stereocenters. The average Bonchev–Trinajstić information content (AvgIpc) is 3.37. The van der Waals surface area contributed by atoms with Crippen LogP contribution < -0.4 is 9.64 Å². The Morgan fingerprint density at radius 1 is 1.46 bits per heavy atom. The molecule has 0 bridgehead atoms. The Hall–Kier alpha value is -1.67. The number of hydrogen-bond acceptors (Lipinski definition) is 4. The smallest absolute Gasteiger partial charge is 0.221 e. The number of quaternary nitrogens is 1. The summed E-state index contributed by atoms with van der Waals surface area (Å²) in [6.07, 6.45) is 2.45. The van der Waals surface area contributed by atoms with E-state index in [-0.39, 0.29) is 0 Å². The maximum absolute atomic E-state index is 6.15. The summed E-state index contributed by atoms with van der Waals surface area (Å²) in [5.74, 6) is 1.40. The minimum atomic E-state index is 0.532. The lowest BCUT2D eigenvalue weighted by atomic mass is 10.2. The molecule has 1 aliphatic heterocycles. The Balaban J connectivity index is 1.62. The van der Waals surface area contributed by atoms with Gasteiger partial charge in [0.1, 0.15) is 11.8 Å². The predicted octanol–water partition coefficient (Wildman–Crippen LogP) is 3.71. The molecule has 0 saturated carbocycles. The quantitative estimate of drug-likeness (QED) is 0.634. The third-order valence-electron chi connectivity index (χ3n) is 4.83. The fraction of sp³-hybridized carbons (Fsp3) is 0.333. The van der Waals surface area contributed by atoms with Gasteiger partial charge in [0.15, 0.2) is 12.5 Å². The minimum absolute atomic E-state index is 0.532. The lowest BCUT2D eigenvalue weighted by Crippen LogP contribution is -3.09. The van der Waals surface area contributed by atoms with Gasteiger partial charge in [0.05, 0.1) is 24.1 Å². The van der Waals surface area contributed by atoms with Crippen molar-refractivity contribution >= 4 is 35.2 Å². The molecule has 136 valence electrons. The zero-order valence-corrected chi connectivity index (χ0v) is 16.8. The molecule has 1 saturated heterocycles. The van der Waals surface area contributed by atoms with E-state index in [0.717, 1.165) is 24.5 Å². The van der Waals surface area contributed by atoms with Gasteiger partial charge < -0.3 is 9.64 Å². The minimum Gasteiger partial charge on any atom is -0.496 e. The van der Waals surface area contributed by atoms with Crippen LogP contribution >= 0.6 is 35.2 Å². The van der Waals surface area contributed by atoms with E-state index in [1.807, 2.05) is 28.2 Å². The van der Waals surface area contributed by atoms with Crippen molar-refractivity contribution in [3.8, 4) is 17.1 Å². The van der Waals surface area contributed by atoms with Crippen LogP contribution in [0.15, 0.2) is 35.7 Å². The standard InChI is InChI=1S/C18H19ClN4OS2/c1-24-15-7-6-12(19)10-13(15)17-20-18(25)23(21-17)11-22-8-2-4-14(22)16-5-3-9-26-16/h3,5-7,9-10,14H,2,4,8,11H2,1H3,(H,20,21,25)/p+1/t14-/m1/s1. The number of halogens is 1. The van der Waals surface area contributed by atoms with Crippen LogP contribution in [-0.4, -0.2) is 28.4 Å². The molecule has 0 aliphatic carbocycles. The van der Waals surface area contributed by atoms with Gasteiger partial charge in [0.2, 0.25) is 4.77 Å². The highest BCUT2D eigenvalue weighted by atomic mass is 35.5. The van der Waals surface area contributed by atoms with Crippen molar-refractivity contribution in [2.75, 3.05) is 13.7 Å². The molecule has 2 aromatic heterocycles. The van der Waals surface area contributed by atoms with Crippen molar-refractivity contribution in [1.82, 2.24) is 14.8 Å². The normalized spacial score (nSPS) is 19.8. The lowest BCUT2D eigenvalue weighted by Gasteiger charge is -2.20. The summed E-state index contributed by atoms with van der Waals surface area (Å²) in [5.41, 5.74) is 0.816. The Morgan fingerprint density at radius 3 is 3.12 bits per heavy atom. The van der Waals surface area contributed by atoms with Crippen molar-refractivity contribution in [1.29, 1.82) is 0 Å². The number of aromatic nitrogens is 3. The molecule has 1 aliphatic rings. The number of methoxy groups -OCH3 is 1. The van der Waals surface area contributed by atoms with E-state index in [1.54, 1.807) is 13.2 Å². The summed E-state index contributed by atoms with van der Waals surface area (Å²) < 4.78 is 7.94. The second-order valence-corrected chi connectivity index (χ2v) is 8.18. The zero-order chi connectivity index (χ0) is 18.1. The molecule has 1 aromatic carbocycles. The van der Waals surface area contributed by atoms with Crippen molar-refractivity contribution in [2.45, 2.75) is 25.6 Å². The third-order valence-corrected chi connectivity index (χ3v) is 6.36. The van der Waals surface area contributed by atoms with Crippen molar-refractivity contribution in [3.05, 3.63) is 50.4 Å². The zero-order valence-electron chi connectivity index (χ0n) is 14.4. The molecule has 26 heavy (non-hydrogen) atoms. The van der Waals surface area contributed by atoms with E-state index in [9.17, 15) is 0 Å². The fourth-order valence-electron chi connectivity index (χ4n) is 3.59. The van der Waals surface area contributed by atoms with E-state index < -0.39 is 0 Å². The molecule has 1 unspecified atom stereocenters. The van der Waals surface area contributed by atoms with Gasteiger partial charge in [-0.2, -0.15) is 4.98 Å². The predicted molar refractivity (Wildman–Crippen MR) is 107 cm³/mol. The van der Waals surface area contributed by atoms with Gasteiger partial charge in [0, 0.05) is 17.9 Å². The second-order valence-electron chi connectivity index (χ2n) is 6.40. The number of nitrogens with one attached hydrogen (secondary N) is 2. The maximum Gasteiger partial charge on any atom is 0.221 e. The molecule has 5 nitrogen and oxygen atoms in total. The highest BCUT2D eigenvalue weighted by Crippen LogP contribution is 2.30. The molecule has 1 fully saturated rings. The van der Waals surface area contributed by atoms with Gasteiger partial charge in [-0.25, -0.2) is 4.68 Å². The number of aromatic amines is 1. The van der Waals surface area contributed by atoms with Gasteiger partial charge in [-0.15, -0.1) is 11.3 Å². The van der Waals surface area contributed by atoms with Gasteiger partial charge in [-0.05, 0) is 41.9 Å². The van der Waals surface area contributed by atoms with E-state index >= 15 is 0 Å². The van der Waals surface area contributed by atoms with Crippen LogP contribution in [0.4, 0.5) is 0 Å². The summed E-state index contributed by atoms with van der Waals surface area (Å²) in [5, 5.41) is 6.12. The number of hydrogen-bond donors (Lipinski definition) is 2. The molecule has 4 rings (SSSR count). The van der Waals surface area contributed by atoms with Gasteiger partial charge in [0.25, 0.3) is 0 Å². The summed E-state index contributed by atoms with van der Waals surface area (Å²) >= 11 is 13.5. The van der Waals surface area contributed by atoms with Gasteiger partial charge in [-0.1, -0.05) is 17.7 Å². The number of nitrogens with zero attached hydrogens (tertiary/aromatic N) is 2. The first-order chi connectivity index (χ1) is 12.7. The summed E-state index contributed by atoms with van der Waals surface area (Å²) in [6.45, 7) is 1.91. The van der Waals surface area contributed by atoms with Crippen LogP contribution in [0, 0.1) is 4.77 Å². The molecule has 3 aromatic rings. The first-order valence-corrected chi connectivity index (χ1v) is 10.2. The van der Waals surface area contributed by atoms with Crippen molar-refractivity contribution < 1.29 is 9.64 Å². The fourth-order valence-corrected chi connectivity index (χ4v) is 4.88. The molecule has 0 spiro atoms. The molecule has 2 N–H and O–H groups in total. The topological polar surface area (TPSA) is 47.3 Å². The summed E-state index contributed by atoms with van der Waals surface area (Å²) in [4.78, 5) is 7.49. The van der Waals surface area contributed by atoms with Gasteiger partial charge >= 0.3 is 0 Å². The number of likely N-dealkylation sites (tertiary alicyclic amines) is 1. The molecular weight excluding hydrogens is 388 g/mol. The highest BCUT2D eigenvalue weighted by molar-refractivity contribution is 7.71. The van der Waals surface area contributed by atoms with Crippen LogP contribution in [-0.2, 0) is 6.67 Å². The van der Waals surface area contributed by atoms with Crippen LogP contribution in [0.3, 0.4) is 0 Å². The van der Waals surface area contributed by atoms with Crippen LogP contribution in [0.5, 0.6) is 5.75 Å². The van der Waals surface area contributed by atoms with Crippen LogP contribution in [0.25, 0.3) is 11.4 Å². The van der Waals surface area contributed by atoms with E-state index in [2.05, 4.69) is 27.6 Å². The van der Waals surface area contributed by atoms with E-state index in [1.165, 1.54) is 22.6 Å². The average molecular weight is 408 g/mol. The Kier molecular flexibility index (Phi) is 5.13. The Morgan fingerprint density at radius 2 is 2.35 bits per heavy atom. The van der Waals surface area contributed by atoms with Crippen LogP contribution in [0.2, 0.25) is 5.02 Å². The first-order valence-electron chi connectivity index (χ1n) is 8.54. The number of ether oxygens (including phenoxy) is 1. The summed E-state index contributed by atoms with van der Waals surface area (Å²) in [7, 11) is 1.64. The number of thiophene rings is 1. The number of benzene rings is 1. The molecule has 0 amide bonds. The number of H-pyrrole nitrogens is 1. The van der Waals surface area contributed by atoms with Gasteiger partial charge in [-0.3, -0.25) is 5.10 Å². The van der Waals surface area contributed by atoms with E-state index in [4.69, 9.17) is 28.6 Å². The highest BCUT2D eigenvalue weighted by Gasteiger charge is 2.31. The number of rotatable bonds is 5.